The maximum atomic E-state index is 6.40. The molecule has 1 N–H and O–H groups in total. The van der Waals surface area contributed by atoms with Crippen molar-refractivity contribution in [3.8, 4) is 11.4 Å². The Labute approximate surface area is 118 Å². The molecule has 0 spiro atoms. The standard InChI is InChI=1S/C15H18ClN3/c1-2-19-8-7-17-15(19)13-6-3-11(9-14(13)16)10-18-12-4-5-12/h3,6-9,12,18H,2,4-5,10H2,1H3. The molecule has 1 aromatic carbocycles. The van der Waals surface area contributed by atoms with Crippen molar-refractivity contribution in [1.82, 2.24) is 14.9 Å². The van der Waals surface area contributed by atoms with Crippen molar-refractivity contribution in [2.24, 2.45) is 0 Å². The SMILES string of the molecule is CCn1ccnc1-c1ccc(CNC2CC2)cc1Cl. The van der Waals surface area contributed by atoms with Crippen LogP contribution >= 0.6 is 11.6 Å². The number of rotatable bonds is 5. The summed E-state index contributed by atoms with van der Waals surface area (Å²) < 4.78 is 2.10. The number of nitrogens with zero attached hydrogens (tertiary/aromatic N) is 2. The fourth-order valence-corrected chi connectivity index (χ4v) is 2.50. The van der Waals surface area contributed by atoms with Gasteiger partial charge in [-0.25, -0.2) is 4.98 Å². The minimum Gasteiger partial charge on any atom is -0.331 e. The zero-order chi connectivity index (χ0) is 13.2. The lowest BCUT2D eigenvalue weighted by Gasteiger charge is -2.09. The highest BCUT2D eigenvalue weighted by atomic mass is 35.5. The van der Waals surface area contributed by atoms with E-state index in [4.69, 9.17) is 11.6 Å². The zero-order valence-corrected chi connectivity index (χ0v) is 11.8. The van der Waals surface area contributed by atoms with Gasteiger partial charge in [0, 0.05) is 37.1 Å². The Morgan fingerprint density at radius 1 is 1.42 bits per heavy atom. The second-order valence-electron chi connectivity index (χ2n) is 5.01. The Morgan fingerprint density at radius 3 is 2.95 bits per heavy atom. The van der Waals surface area contributed by atoms with E-state index in [0.29, 0.717) is 0 Å². The Morgan fingerprint density at radius 2 is 2.26 bits per heavy atom. The molecule has 100 valence electrons. The lowest BCUT2D eigenvalue weighted by molar-refractivity contribution is 0.688. The minimum absolute atomic E-state index is 0.720. The maximum absolute atomic E-state index is 6.40. The largest absolute Gasteiger partial charge is 0.331 e. The summed E-state index contributed by atoms with van der Waals surface area (Å²) in [6.07, 6.45) is 6.41. The highest BCUT2D eigenvalue weighted by Crippen LogP contribution is 2.28. The lowest BCUT2D eigenvalue weighted by atomic mass is 10.1. The normalized spacial score (nSPS) is 14.8. The van der Waals surface area contributed by atoms with Crippen molar-refractivity contribution >= 4 is 11.6 Å². The van der Waals surface area contributed by atoms with E-state index in [-0.39, 0.29) is 0 Å². The predicted octanol–water partition coefficient (Wildman–Crippen LogP) is 3.48. The summed E-state index contributed by atoms with van der Waals surface area (Å²) in [6.45, 7) is 3.90. The first-order valence-electron chi connectivity index (χ1n) is 6.81. The average molecular weight is 276 g/mol. The van der Waals surface area contributed by atoms with E-state index < -0.39 is 0 Å². The van der Waals surface area contributed by atoms with E-state index in [0.717, 1.165) is 35.5 Å². The topological polar surface area (TPSA) is 29.9 Å². The van der Waals surface area contributed by atoms with Crippen LogP contribution in [0.15, 0.2) is 30.6 Å². The van der Waals surface area contributed by atoms with Crippen LogP contribution in [0.5, 0.6) is 0 Å². The fraction of sp³-hybridized carbons (Fsp3) is 0.400. The molecule has 1 fully saturated rings. The number of nitrogens with one attached hydrogen (secondary N) is 1. The van der Waals surface area contributed by atoms with Gasteiger partial charge in [0.15, 0.2) is 0 Å². The Kier molecular flexibility index (Phi) is 3.58. The molecule has 4 heteroatoms. The van der Waals surface area contributed by atoms with Crippen LogP contribution in [0.1, 0.15) is 25.3 Å². The summed E-state index contributed by atoms with van der Waals surface area (Å²) >= 11 is 6.40. The smallest absolute Gasteiger partial charge is 0.141 e. The molecule has 0 amide bonds. The van der Waals surface area contributed by atoms with Gasteiger partial charge in [0.25, 0.3) is 0 Å². The van der Waals surface area contributed by atoms with Crippen LogP contribution in [0.3, 0.4) is 0 Å². The quantitative estimate of drug-likeness (QED) is 0.905. The molecule has 2 aromatic rings. The number of benzene rings is 1. The van der Waals surface area contributed by atoms with Crippen molar-refractivity contribution in [3.05, 3.63) is 41.2 Å². The van der Waals surface area contributed by atoms with Crippen LogP contribution in [0.25, 0.3) is 11.4 Å². The van der Waals surface area contributed by atoms with Crippen molar-refractivity contribution in [2.45, 2.75) is 38.9 Å². The third-order valence-corrected chi connectivity index (χ3v) is 3.82. The molecule has 1 heterocycles. The molecule has 3 nitrogen and oxygen atoms in total. The van der Waals surface area contributed by atoms with Gasteiger partial charge in [-0.1, -0.05) is 17.7 Å². The summed E-state index contributed by atoms with van der Waals surface area (Å²) in [7, 11) is 0. The highest BCUT2D eigenvalue weighted by Gasteiger charge is 2.20. The van der Waals surface area contributed by atoms with Gasteiger partial charge in [-0.2, -0.15) is 0 Å². The average Bonchev–Trinajstić information content (AvgIpc) is 3.13. The van der Waals surface area contributed by atoms with Crippen LogP contribution in [-0.4, -0.2) is 15.6 Å². The maximum Gasteiger partial charge on any atom is 0.141 e. The third-order valence-electron chi connectivity index (χ3n) is 3.50. The van der Waals surface area contributed by atoms with Crippen molar-refractivity contribution in [3.63, 3.8) is 0 Å². The van der Waals surface area contributed by atoms with Gasteiger partial charge in [-0.3, -0.25) is 0 Å². The summed E-state index contributed by atoms with van der Waals surface area (Å²) in [4.78, 5) is 4.39. The highest BCUT2D eigenvalue weighted by molar-refractivity contribution is 6.33. The molecule has 0 saturated heterocycles. The molecule has 0 atom stereocenters. The molecule has 3 rings (SSSR count). The van der Waals surface area contributed by atoms with Crippen LogP contribution in [0, 0.1) is 0 Å². The number of halogens is 1. The Balaban J connectivity index is 1.82. The number of aryl methyl sites for hydroxylation is 1. The number of imidazole rings is 1. The molecule has 0 aliphatic heterocycles. The first-order chi connectivity index (χ1) is 9.28. The number of hydrogen-bond acceptors (Lipinski definition) is 2. The molecule has 0 bridgehead atoms. The second-order valence-corrected chi connectivity index (χ2v) is 5.41. The minimum atomic E-state index is 0.720. The molecule has 19 heavy (non-hydrogen) atoms. The van der Waals surface area contributed by atoms with Gasteiger partial charge in [-0.05, 0) is 37.5 Å². The van der Waals surface area contributed by atoms with E-state index >= 15 is 0 Å². The van der Waals surface area contributed by atoms with Crippen LogP contribution in [0.2, 0.25) is 5.02 Å². The van der Waals surface area contributed by atoms with Crippen LogP contribution < -0.4 is 5.32 Å². The summed E-state index contributed by atoms with van der Waals surface area (Å²) in [5, 5.41) is 4.27. The molecular weight excluding hydrogens is 258 g/mol. The third kappa shape index (κ3) is 2.82. The predicted molar refractivity (Wildman–Crippen MR) is 78.2 cm³/mol. The number of hydrogen-bond donors (Lipinski definition) is 1. The summed E-state index contributed by atoms with van der Waals surface area (Å²) in [5.74, 6) is 0.939. The molecule has 1 aromatic heterocycles. The van der Waals surface area contributed by atoms with E-state index in [1.54, 1.807) is 0 Å². The van der Waals surface area contributed by atoms with Gasteiger partial charge in [0.1, 0.15) is 5.82 Å². The van der Waals surface area contributed by atoms with Gasteiger partial charge < -0.3 is 9.88 Å². The zero-order valence-electron chi connectivity index (χ0n) is 11.1. The molecule has 1 aliphatic rings. The summed E-state index contributed by atoms with van der Waals surface area (Å²) in [5.41, 5.74) is 2.24. The molecule has 0 unspecified atom stereocenters. The molecule has 1 aliphatic carbocycles. The Bertz CT molecular complexity index is 573. The van der Waals surface area contributed by atoms with E-state index in [2.05, 4.69) is 33.9 Å². The van der Waals surface area contributed by atoms with Crippen LogP contribution in [0.4, 0.5) is 0 Å². The Hall–Kier alpha value is -1.32. The second kappa shape index (κ2) is 5.35. The monoisotopic (exact) mass is 275 g/mol. The molecule has 1 saturated carbocycles. The van der Waals surface area contributed by atoms with Crippen molar-refractivity contribution in [1.29, 1.82) is 0 Å². The molecule has 0 radical (unpaired) electrons. The van der Waals surface area contributed by atoms with Gasteiger partial charge in [0.05, 0.1) is 5.02 Å². The van der Waals surface area contributed by atoms with Crippen molar-refractivity contribution < 1.29 is 0 Å². The van der Waals surface area contributed by atoms with Gasteiger partial charge in [0.2, 0.25) is 0 Å². The fourth-order valence-electron chi connectivity index (χ4n) is 2.21. The van der Waals surface area contributed by atoms with Gasteiger partial charge in [-0.15, -0.1) is 0 Å². The first-order valence-corrected chi connectivity index (χ1v) is 7.19. The first kappa shape index (κ1) is 12.7. The summed E-state index contributed by atoms with van der Waals surface area (Å²) in [6, 6.07) is 6.96. The van der Waals surface area contributed by atoms with E-state index in [1.165, 1.54) is 18.4 Å². The lowest BCUT2D eigenvalue weighted by Crippen LogP contribution is -2.15. The van der Waals surface area contributed by atoms with Gasteiger partial charge >= 0.3 is 0 Å². The van der Waals surface area contributed by atoms with E-state index in [9.17, 15) is 0 Å². The van der Waals surface area contributed by atoms with Crippen LogP contribution in [-0.2, 0) is 13.1 Å². The number of aromatic nitrogens is 2. The van der Waals surface area contributed by atoms with Crippen molar-refractivity contribution in [2.75, 3.05) is 0 Å². The molecular formula is C15H18ClN3. The van der Waals surface area contributed by atoms with E-state index in [1.807, 2.05) is 18.5 Å².